The van der Waals surface area contributed by atoms with Crippen LogP contribution < -0.4 is 14.8 Å². The average Bonchev–Trinajstić information content (AvgIpc) is 3.52. The van der Waals surface area contributed by atoms with Crippen molar-refractivity contribution in [2.45, 2.75) is 6.42 Å². The largest absolute Gasteiger partial charge is 0.486 e. The van der Waals surface area contributed by atoms with Crippen molar-refractivity contribution in [3.05, 3.63) is 83.5 Å². The molecule has 4 aromatic rings. The summed E-state index contributed by atoms with van der Waals surface area (Å²) in [5.41, 5.74) is 3.20. The fraction of sp³-hybridized carbons (Fsp3) is 0.167. The van der Waals surface area contributed by atoms with Crippen LogP contribution in [0.3, 0.4) is 0 Å². The van der Waals surface area contributed by atoms with E-state index >= 15 is 0 Å². The zero-order chi connectivity index (χ0) is 21.0. The molecule has 156 valence electrons. The lowest BCUT2D eigenvalue weighted by Crippen LogP contribution is -2.24. The van der Waals surface area contributed by atoms with Crippen molar-refractivity contribution in [3.8, 4) is 27.6 Å². The molecular formula is C24H21N3O3S. The molecule has 7 heteroatoms. The molecule has 1 amide bonds. The Morgan fingerprint density at radius 1 is 1.03 bits per heavy atom. The molecule has 2 aromatic carbocycles. The van der Waals surface area contributed by atoms with Crippen LogP contribution >= 0.6 is 11.3 Å². The number of benzene rings is 2. The van der Waals surface area contributed by atoms with Crippen molar-refractivity contribution < 1.29 is 14.3 Å². The van der Waals surface area contributed by atoms with Crippen LogP contribution in [0.4, 0.5) is 0 Å². The second kappa shape index (κ2) is 8.65. The van der Waals surface area contributed by atoms with Crippen molar-refractivity contribution in [1.82, 2.24) is 15.1 Å². The third kappa shape index (κ3) is 4.32. The Morgan fingerprint density at radius 2 is 1.87 bits per heavy atom. The number of nitrogens with one attached hydrogen (secondary N) is 1. The highest BCUT2D eigenvalue weighted by molar-refractivity contribution is 7.17. The van der Waals surface area contributed by atoms with Gasteiger partial charge >= 0.3 is 0 Å². The predicted molar refractivity (Wildman–Crippen MR) is 120 cm³/mol. The minimum atomic E-state index is -0.0537. The van der Waals surface area contributed by atoms with Gasteiger partial charge in [-0.05, 0) is 66.1 Å². The molecule has 1 aliphatic rings. The topological polar surface area (TPSA) is 65.4 Å². The monoisotopic (exact) mass is 431 g/mol. The van der Waals surface area contributed by atoms with Gasteiger partial charge in [-0.2, -0.15) is 5.10 Å². The van der Waals surface area contributed by atoms with Crippen LogP contribution in [0.1, 0.15) is 15.2 Å². The Labute approximate surface area is 184 Å². The first kappa shape index (κ1) is 19.4. The molecule has 1 N–H and O–H groups in total. The van der Waals surface area contributed by atoms with Crippen LogP contribution in [0, 0.1) is 0 Å². The zero-order valence-electron chi connectivity index (χ0n) is 16.8. The van der Waals surface area contributed by atoms with Gasteiger partial charge in [0, 0.05) is 23.8 Å². The van der Waals surface area contributed by atoms with Gasteiger partial charge in [-0.25, -0.2) is 4.68 Å². The minimum absolute atomic E-state index is 0.0537. The summed E-state index contributed by atoms with van der Waals surface area (Å²) in [7, 11) is 0. The molecule has 0 atom stereocenters. The van der Waals surface area contributed by atoms with E-state index in [1.807, 2.05) is 59.4 Å². The van der Waals surface area contributed by atoms with Gasteiger partial charge in [0.2, 0.25) is 0 Å². The van der Waals surface area contributed by atoms with Crippen LogP contribution in [-0.4, -0.2) is 35.4 Å². The average molecular weight is 432 g/mol. The Balaban J connectivity index is 1.17. The lowest BCUT2D eigenvalue weighted by atomic mass is 10.1. The molecule has 31 heavy (non-hydrogen) atoms. The Hall–Kier alpha value is -3.58. The number of amides is 1. The molecule has 5 rings (SSSR count). The smallest absolute Gasteiger partial charge is 0.261 e. The van der Waals surface area contributed by atoms with E-state index in [0.29, 0.717) is 24.6 Å². The first-order valence-electron chi connectivity index (χ1n) is 10.1. The summed E-state index contributed by atoms with van der Waals surface area (Å²) in [6, 6.07) is 19.8. The molecule has 3 heterocycles. The molecule has 0 bridgehead atoms. The standard InChI is InChI=1S/C24H21N3O3S/c28-24(25-12-10-17-2-5-19(6-3-17)27-13-1-11-26-27)23-9-8-22(31-23)18-4-7-20-21(16-18)30-15-14-29-20/h1-9,11,13,16H,10,12,14-15H2,(H,25,28). The number of rotatable bonds is 6. The van der Waals surface area contributed by atoms with E-state index in [-0.39, 0.29) is 5.91 Å². The van der Waals surface area contributed by atoms with Gasteiger partial charge in [0.15, 0.2) is 11.5 Å². The van der Waals surface area contributed by atoms with E-state index in [9.17, 15) is 4.79 Å². The second-order valence-corrected chi connectivity index (χ2v) is 8.23. The van der Waals surface area contributed by atoms with Crippen molar-refractivity contribution in [2.75, 3.05) is 19.8 Å². The second-order valence-electron chi connectivity index (χ2n) is 7.15. The summed E-state index contributed by atoms with van der Waals surface area (Å²) < 4.78 is 13.1. The fourth-order valence-corrected chi connectivity index (χ4v) is 4.37. The Morgan fingerprint density at radius 3 is 2.68 bits per heavy atom. The predicted octanol–water partition coefficient (Wildman–Crippen LogP) is 4.34. The molecule has 6 nitrogen and oxygen atoms in total. The first-order chi connectivity index (χ1) is 15.3. The number of hydrogen-bond donors (Lipinski definition) is 1. The molecule has 0 aliphatic carbocycles. The van der Waals surface area contributed by atoms with Gasteiger partial charge in [0.25, 0.3) is 5.91 Å². The first-order valence-corrected chi connectivity index (χ1v) is 10.9. The maximum absolute atomic E-state index is 12.6. The molecule has 0 fully saturated rings. The van der Waals surface area contributed by atoms with Crippen molar-refractivity contribution in [3.63, 3.8) is 0 Å². The van der Waals surface area contributed by atoms with E-state index in [1.54, 1.807) is 6.20 Å². The van der Waals surface area contributed by atoms with Crippen LogP contribution in [0.25, 0.3) is 16.1 Å². The maximum Gasteiger partial charge on any atom is 0.261 e. The summed E-state index contributed by atoms with van der Waals surface area (Å²) in [5, 5.41) is 7.24. The molecule has 0 unspecified atom stereocenters. The normalized spacial score (nSPS) is 12.5. The summed E-state index contributed by atoms with van der Waals surface area (Å²) in [5.74, 6) is 1.46. The maximum atomic E-state index is 12.6. The molecule has 0 spiro atoms. The van der Waals surface area contributed by atoms with Gasteiger partial charge in [-0.3, -0.25) is 4.79 Å². The highest BCUT2D eigenvalue weighted by Gasteiger charge is 2.15. The molecule has 0 radical (unpaired) electrons. The third-order valence-corrected chi connectivity index (χ3v) is 6.19. The number of fused-ring (bicyclic) bond motifs is 1. The zero-order valence-corrected chi connectivity index (χ0v) is 17.6. The van der Waals surface area contributed by atoms with Gasteiger partial charge in [-0.1, -0.05) is 12.1 Å². The van der Waals surface area contributed by atoms with Crippen LogP contribution in [0.15, 0.2) is 73.1 Å². The lowest BCUT2D eigenvalue weighted by Gasteiger charge is -2.18. The summed E-state index contributed by atoms with van der Waals surface area (Å²) in [6.45, 7) is 1.71. The molecular weight excluding hydrogens is 410 g/mol. The lowest BCUT2D eigenvalue weighted by molar-refractivity contribution is 0.0958. The number of carbonyl (C=O) groups excluding carboxylic acids is 1. The third-order valence-electron chi connectivity index (χ3n) is 5.06. The van der Waals surface area contributed by atoms with Crippen LogP contribution in [-0.2, 0) is 6.42 Å². The summed E-state index contributed by atoms with van der Waals surface area (Å²) in [4.78, 5) is 14.3. The summed E-state index contributed by atoms with van der Waals surface area (Å²) in [6.07, 6.45) is 4.44. The van der Waals surface area contributed by atoms with Gasteiger partial charge < -0.3 is 14.8 Å². The number of thiophene rings is 1. The van der Waals surface area contributed by atoms with E-state index in [1.165, 1.54) is 16.9 Å². The van der Waals surface area contributed by atoms with Gasteiger partial charge in [0.1, 0.15) is 13.2 Å². The Kier molecular flexibility index (Phi) is 5.41. The minimum Gasteiger partial charge on any atom is -0.486 e. The van der Waals surface area contributed by atoms with Crippen molar-refractivity contribution in [2.24, 2.45) is 0 Å². The van der Waals surface area contributed by atoms with Crippen LogP contribution in [0.5, 0.6) is 11.5 Å². The number of ether oxygens (including phenoxy) is 2. The summed E-state index contributed by atoms with van der Waals surface area (Å²) >= 11 is 1.47. The quantitative estimate of drug-likeness (QED) is 0.493. The van der Waals surface area contributed by atoms with Gasteiger partial charge in [-0.15, -0.1) is 11.3 Å². The number of aromatic nitrogens is 2. The van der Waals surface area contributed by atoms with Gasteiger partial charge in [0.05, 0.1) is 10.6 Å². The molecule has 0 saturated heterocycles. The highest BCUT2D eigenvalue weighted by atomic mass is 32.1. The number of carbonyl (C=O) groups is 1. The number of hydrogen-bond acceptors (Lipinski definition) is 5. The van der Waals surface area contributed by atoms with Crippen molar-refractivity contribution >= 4 is 17.2 Å². The van der Waals surface area contributed by atoms with E-state index in [4.69, 9.17) is 9.47 Å². The molecule has 0 saturated carbocycles. The highest BCUT2D eigenvalue weighted by Crippen LogP contribution is 2.36. The van der Waals surface area contributed by atoms with Crippen LogP contribution in [0.2, 0.25) is 0 Å². The SMILES string of the molecule is O=C(NCCc1ccc(-n2cccn2)cc1)c1ccc(-c2ccc3c(c2)OCCO3)s1. The molecule has 1 aliphatic heterocycles. The van der Waals surface area contributed by atoms with E-state index < -0.39 is 0 Å². The van der Waals surface area contributed by atoms with Crippen molar-refractivity contribution in [1.29, 1.82) is 0 Å². The van der Waals surface area contributed by atoms with E-state index in [2.05, 4.69) is 22.5 Å². The van der Waals surface area contributed by atoms with E-state index in [0.717, 1.165) is 34.0 Å². The fourth-order valence-electron chi connectivity index (χ4n) is 3.46. The molecule has 2 aromatic heterocycles. The number of nitrogens with zero attached hydrogens (tertiary/aromatic N) is 2. The Bertz CT molecular complexity index is 1180.